The summed E-state index contributed by atoms with van der Waals surface area (Å²) in [4.78, 5) is 15.7. The lowest BCUT2D eigenvalue weighted by atomic mass is 10.1. The summed E-state index contributed by atoms with van der Waals surface area (Å²) in [6, 6.07) is 16.1. The third-order valence-electron chi connectivity index (χ3n) is 4.73. The van der Waals surface area contributed by atoms with E-state index < -0.39 is 0 Å². The molecule has 0 unspecified atom stereocenters. The van der Waals surface area contributed by atoms with Gasteiger partial charge in [0.1, 0.15) is 6.54 Å². The molecule has 0 saturated carbocycles. The predicted molar refractivity (Wildman–Crippen MR) is 113 cm³/mol. The number of aromatic nitrogens is 4. The lowest BCUT2D eigenvalue weighted by molar-refractivity contribution is -0.121. The van der Waals surface area contributed by atoms with Crippen LogP contribution in [0.15, 0.2) is 54.7 Å². The first-order valence-corrected chi connectivity index (χ1v) is 9.56. The van der Waals surface area contributed by atoms with Crippen molar-refractivity contribution in [2.75, 3.05) is 6.54 Å². The molecular weight excluding hydrogens is 370 g/mol. The fourth-order valence-electron chi connectivity index (χ4n) is 3.34. The Kier molecular flexibility index (Phi) is 5.08. The summed E-state index contributed by atoms with van der Waals surface area (Å²) in [5.74, 6) is 0.576. The Hall–Kier alpha value is -3.19. The van der Waals surface area contributed by atoms with Crippen LogP contribution in [-0.2, 0) is 17.8 Å². The molecule has 2 aromatic carbocycles. The number of aryl methyl sites for hydroxylation is 1. The molecule has 0 radical (unpaired) electrons. The van der Waals surface area contributed by atoms with Crippen molar-refractivity contribution >= 4 is 29.0 Å². The highest BCUT2D eigenvalue weighted by Gasteiger charge is 2.12. The monoisotopic (exact) mass is 391 g/mol. The number of carbonyl (C=O) groups excluding carboxylic acids is 1. The van der Waals surface area contributed by atoms with Gasteiger partial charge in [-0.3, -0.25) is 14.5 Å². The molecule has 3 N–H and O–H groups in total. The number of H-pyrrole nitrogens is 2. The van der Waals surface area contributed by atoms with Crippen molar-refractivity contribution in [3.05, 3.63) is 70.6 Å². The minimum absolute atomic E-state index is 0.0914. The Balaban J connectivity index is 1.42. The molecule has 1 amide bonds. The average Bonchev–Trinajstić information content (AvgIpc) is 3.26. The molecule has 2 heterocycles. The fraction of sp³-hybridized carbons (Fsp3) is 0.190. The number of amides is 1. The van der Waals surface area contributed by atoms with E-state index in [4.69, 9.17) is 12.2 Å². The van der Waals surface area contributed by atoms with E-state index in [1.807, 2.05) is 55.6 Å². The summed E-state index contributed by atoms with van der Waals surface area (Å²) in [6.45, 7) is 2.71. The van der Waals surface area contributed by atoms with E-state index >= 15 is 0 Å². The van der Waals surface area contributed by atoms with Gasteiger partial charge in [0.15, 0.2) is 10.6 Å². The molecule has 0 atom stereocenters. The Labute approximate surface area is 167 Å². The van der Waals surface area contributed by atoms with Crippen LogP contribution in [0.3, 0.4) is 0 Å². The van der Waals surface area contributed by atoms with Crippen molar-refractivity contribution in [3.8, 4) is 11.4 Å². The summed E-state index contributed by atoms with van der Waals surface area (Å²) >= 11 is 5.32. The summed E-state index contributed by atoms with van der Waals surface area (Å²) in [5, 5.41) is 11.3. The molecule has 2 aromatic heterocycles. The Morgan fingerprint density at radius 3 is 2.93 bits per heavy atom. The number of carbonyl (C=O) groups is 1. The summed E-state index contributed by atoms with van der Waals surface area (Å²) in [5.41, 5.74) is 4.35. The highest BCUT2D eigenvalue weighted by molar-refractivity contribution is 7.71. The first-order valence-electron chi connectivity index (χ1n) is 9.16. The smallest absolute Gasteiger partial charge is 0.240 e. The van der Waals surface area contributed by atoms with Crippen molar-refractivity contribution in [3.63, 3.8) is 0 Å². The van der Waals surface area contributed by atoms with Gasteiger partial charge in [0.25, 0.3) is 0 Å². The number of nitrogens with zero attached hydrogens (tertiary/aromatic N) is 2. The number of fused-ring (bicyclic) bond motifs is 1. The van der Waals surface area contributed by atoms with Gasteiger partial charge in [-0.15, -0.1) is 0 Å². The zero-order valence-corrected chi connectivity index (χ0v) is 16.3. The first kappa shape index (κ1) is 18.2. The molecule has 4 rings (SSSR count). The minimum Gasteiger partial charge on any atom is -0.361 e. The molecule has 142 valence electrons. The van der Waals surface area contributed by atoms with Gasteiger partial charge in [-0.25, -0.2) is 0 Å². The summed E-state index contributed by atoms with van der Waals surface area (Å²) in [6.07, 6.45) is 2.76. The molecule has 0 spiro atoms. The number of aromatic amines is 2. The fourth-order valence-corrected chi connectivity index (χ4v) is 3.54. The second kappa shape index (κ2) is 7.82. The highest BCUT2D eigenvalue weighted by Crippen LogP contribution is 2.19. The van der Waals surface area contributed by atoms with Crippen LogP contribution in [0.25, 0.3) is 22.3 Å². The quantitative estimate of drug-likeness (QED) is 0.438. The van der Waals surface area contributed by atoms with Crippen LogP contribution in [0.2, 0.25) is 0 Å². The van der Waals surface area contributed by atoms with Gasteiger partial charge in [0.05, 0.1) is 0 Å². The Morgan fingerprint density at radius 1 is 1.21 bits per heavy atom. The molecule has 6 nitrogen and oxygen atoms in total. The van der Waals surface area contributed by atoms with Gasteiger partial charge in [-0.1, -0.05) is 42.0 Å². The van der Waals surface area contributed by atoms with E-state index in [9.17, 15) is 4.79 Å². The molecule has 0 saturated heterocycles. The van der Waals surface area contributed by atoms with Crippen molar-refractivity contribution in [1.29, 1.82) is 0 Å². The van der Waals surface area contributed by atoms with Crippen LogP contribution >= 0.6 is 12.2 Å². The third kappa shape index (κ3) is 3.75. The molecule has 4 aromatic rings. The number of hydrogen-bond donors (Lipinski definition) is 3. The molecule has 7 heteroatoms. The third-order valence-corrected chi connectivity index (χ3v) is 5.04. The summed E-state index contributed by atoms with van der Waals surface area (Å²) in [7, 11) is 0. The van der Waals surface area contributed by atoms with Crippen LogP contribution in [0, 0.1) is 11.7 Å². The SMILES string of the molecule is Cc1cccc(-c2n[nH]c(=S)n2CC(=O)NCCc2c[nH]c3ccccc23)c1. The molecule has 0 aliphatic carbocycles. The summed E-state index contributed by atoms with van der Waals surface area (Å²) < 4.78 is 2.16. The number of para-hydroxylation sites is 1. The van der Waals surface area contributed by atoms with Crippen molar-refractivity contribution in [1.82, 2.24) is 25.1 Å². The number of hydrogen-bond acceptors (Lipinski definition) is 3. The second-order valence-electron chi connectivity index (χ2n) is 6.77. The molecule has 0 aliphatic heterocycles. The van der Waals surface area contributed by atoms with Crippen molar-refractivity contribution in [2.24, 2.45) is 0 Å². The van der Waals surface area contributed by atoms with E-state index in [1.165, 1.54) is 10.9 Å². The molecule has 0 aliphatic rings. The maximum absolute atomic E-state index is 12.5. The standard InChI is InChI=1S/C21H21N5OS/c1-14-5-4-6-15(11-14)20-24-25-21(28)26(20)13-19(27)22-10-9-16-12-23-18-8-3-2-7-17(16)18/h2-8,11-12,23H,9-10,13H2,1H3,(H,22,27)(H,25,28). The van der Waals surface area contributed by atoms with E-state index in [1.54, 1.807) is 4.57 Å². The van der Waals surface area contributed by atoms with Gasteiger partial charge in [-0.05, 0) is 43.3 Å². The van der Waals surface area contributed by atoms with Crippen LogP contribution in [0.5, 0.6) is 0 Å². The van der Waals surface area contributed by atoms with Gasteiger partial charge in [0, 0.05) is 29.2 Å². The topological polar surface area (TPSA) is 78.5 Å². The van der Waals surface area contributed by atoms with Crippen LogP contribution in [0.1, 0.15) is 11.1 Å². The predicted octanol–water partition coefficient (Wildman–Crippen LogP) is 3.76. The maximum Gasteiger partial charge on any atom is 0.240 e. The number of benzene rings is 2. The van der Waals surface area contributed by atoms with Gasteiger partial charge in [-0.2, -0.15) is 5.10 Å². The Bertz CT molecular complexity index is 1190. The average molecular weight is 392 g/mol. The second-order valence-corrected chi connectivity index (χ2v) is 7.15. The van der Waals surface area contributed by atoms with E-state index in [0.29, 0.717) is 17.1 Å². The van der Waals surface area contributed by atoms with Crippen LogP contribution in [0.4, 0.5) is 0 Å². The van der Waals surface area contributed by atoms with E-state index in [2.05, 4.69) is 26.6 Å². The molecular formula is C21H21N5OS. The zero-order valence-electron chi connectivity index (χ0n) is 15.5. The first-order chi connectivity index (χ1) is 13.6. The van der Waals surface area contributed by atoms with Crippen molar-refractivity contribution < 1.29 is 4.79 Å². The zero-order chi connectivity index (χ0) is 19.5. The maximum atomic E-state index is 12.5. The van der Waals surface area contributed by atoms with E-state index in [-0.39, 0.29) is 12.5 Å². The highest BCUT2D eigenvalue weighted by atomic mass is 32.1. The lowest BCUT2D eigenvalue weighted by Crippen LogP contribution is -2.29. The Morgan fingerprint density at radius 2 is 2.07 bits per heavy atom. The normalized spacial score (nSPS) is 11.0. The molecule has 0 bridgehead atoms. The van der Waals surface area contributed by atoms with Crippen LogP contribution < -0.4 is 5.32 Å². The molecule has 0 fully saturated rings. The number of nitrogens with one attached hydrogen (secondary N) is 3. The van der Waals surface area contributed by atoms with Gasteiger partial charge >= 0.3 is 0 Å². The van der Waals surface area contributed by atoms with Crippen molar-refractivity contribution in [2.45, 2.75) is 19.9 Å². The van der Waals surface area contributed by atoms with Gasteiger partial charge in [0.2, 0.25) is 5.91 Å². The lowest BCUT2D eigenvalue weighted by Gasteiger charge is -2.08. The van der Waals surface area contributed by atoms with Crippen LogP contribution in [-0.4, -0.2) is 32.2 Å². The minimum atomic E-state index is -0.0914. The van der Waals surface area contributed by atoms with Gasteiger partial charge < -0.3 is 10.3 Å². The largest absolute Gasteiger partial charge is 0.361 e. The number of rotatable bonds is 6. The molecule has 28 heavy (non-hydrogen) atoms. The van der Waals surface area contributed by atoms with E-state index in [0.717, 1.165) is 23.1 Å².